The van der Waals surface area contributed by atoms with Crippen LogP contribution in [0.3, 0.4) is 0 Å². The van der Waals surface area contributed by atoms with Crippen LogP contribution in [0.5, 0.6) is 0 Å². The first kappa shape index (κ1) is 15.2. The second-order valence-electron chi connectivity index (χ2n) is 4.17. The third kappa shape index (κ3) is 3.91. The summed E-state index contributed by atoms with van der Waals surface area (Å²) in [6.45, 7) is 1.59. The van der Waals surface area contributed by atoms with Gasteiger partial charge in [0.1, 0.15) is 5.76 Å². The van der Waals surface area contributed by atoms with Crippen molar-refractivity contribution in [2.75, 3.05) is 5.32 Å². The molecule has 0 aliphatic carbocycles. The van der Waals surface area contributed by atoms with Gasteiger partial charge in [-0.2, -0.15) is 0 Å². The van der Waals surface area contributed by atoms with Crippen molar-refractivity contribution in [3.05, 3.63) is 61.6 Å². The van der Waals surface area contributed by atoms with Gasteiger partial charge in [0.05, 0.1) is 16.2 Å². The second-order valence-corrected chi connectivity index (χ2v) is 5.23. The Kier molecular flexibility index (Phi) is 4.73. The lowest BCUT2D eigenvalue weighted by molar-refractivity contribution is -0.385. The molecule has 0 atom stereocenters. The van der Waals surface area contributed by atoms with Crippen molar-refractivity contribution >= 4 is 45.9 Å². The van der Waals surface area contributed by atoms with Crippen LogP contribution >= 0.6 is 22.6 Å². The number of hydrogen-bond donors (Lipinski definition) is 1. The first-order valence-corrected chi connectivity index (χ1v) is 7.03. The molecule has 1 aromatic carbocycles. The number of halogens is 1. The number of nitrogens with zero attached hydrogens (tertiary/aromatic N) is 1. The zero-order valence-electron chi connectivity index (χ0n) is 11.0. The van der Waals surface area contributed by atoms with Crippen molar-refractivity contribution in [2.24, 2.45) is 0 Å². The zero-order chi connectivity index (χ0) is 15.4. The van der Waals surface area contributed by atoms with Crippen molar-refractivity contribution in [3.63, 3.8) is 0 Å². The number of carbonyl (C=O) groups is 1. The first-order valence-electron chi connectivity index (χ1n) is 5.96. The Labute approximate surface area is 134 Å². The number of anilines is 1. The summed E-state index contributed by atoms with van der Waals surface area (Å²) < 4.78 is 6.01. The molecule has 0 aliphatic heterocycles. The van der Waals surface area contributed by atoms with Gasteiger partial charge in [-0.1, -0.05) is 6.07 Å². The Morgan fingerprint density at radius 2 is 2.14 bits per heavy atom. The van der Waals surface area contributed by atoms with Crippen molar-refractivity contribution in [1.29, 1.82) is 0 Å². The monoisotopic (exact) mass is 398 g/mol. The predicted octanol–water partition coefficient (Wildman–Crippen LogP) is 3.75. The van der Waals surface area contributed by atoms with E-state index in [0.717, 1.165) is 3.77 Å². The highest BCUT2D eigenvalue weighted by molar-refractivity contribution is 14.1. The van der Waals surface area contributed by atoms with E-state index in [1.807, 2.05) is 22.6 Å². The van der Waals surface area contributed by atoms with E-state index in [9.17, 15) is 14.9 Å². The summed E-state index contributed by atoms with van der Waals surface area (Å²) in [4.78, 5) is 22.2. The summed E-state index contributed by atoms with van der Waals surface area (Å²) in [5.41, 5.74) is 0.794. The van der Waals surface area contributed by atoms with E-state index >= 15 is 0 Å². The van der Waals surface area contributed by atoms with E-state index in [-0.39, 0.29) is 11.6 Å². The molecule has 0 bridgehead atoms. The Hall–Kier alpha value is -2.16. The molecule has 1 N–H and O–H groups in total. The number of nitrogens with one attached hydrogen (secondary N) is 1. The van der Waals surface area contributed by atoms with Crippen LogP contribution < -0.4 is 5.32 Å². The third-order valence-corrected chi connectivity index (χ3v) is 3.33. The normalized spacial score (nSPS) is 10.8. The molecule has 6 nitrogen and oxygen atoms in total. The van der Waals surface area contributed by atoms with Crippen LogP contribution in [0.2, 0.25) is 0 Å². The fraction of sp³-hybridized carbons (Fsp3) is 0.0714. The van der Waals surface area contributed by atoms with E-state index in [1.165, 1.54) is 24.3 Å². The number of nitro groups is 1. The number of furan rings is 1. The van der Waals surface area contributed by atoms with Gasteiger partial charge in [0.25, 0.3) is 5.69 Å². The zero-order valence-corrected chi connectivity index (χ0v) is 13.2. The van der Waals surface area contributed by atoms with E-state index in [1.54, 1.807) is 25.1 Å². The molecule has 0 unspecified atom stereocenters. The molecule has 0 spiro atoms. The van der Waals surface area contributed by atoms with Crippen LogP contribution in [0.15, 0.2) is 40.8 Å². The lowest BCUT2D eigenvalue weighted by Gasteiger charge is -2.06. The molecule has 0 saturated carbocycles. The quantitative estimate of drug-likeness (QED) is 0.368. The first-order chi connectivity index (χ1) is 9.97. The van der Waals surface area contributed by atoms with Gasteiger partial charge in [-0.15, -0.1) is 0 Å². The predicted molar refractivity (Wildman–Crippen MR) is 86.9 cm³/mol. The maximum absolute atomic E-state index is 11.8. The summed E-state index contributed by atoms with van der Waals surface area (Å²) in [5.74, 6) is 0.176. The molecule has 0 saturated heterocycles. The summed E-state index contributed by atoms with van der Waals surface area (Å²) >= 11 is 2.03. The number of amides is 1. The highest BCUT2D eigenvalue weighted by Crippen LogP contribution is 2.25. The molecule has 108 valence electrons. The van der Waals surface area contributed by atoms with Gasteiger partial charge in [0.2, 0.25) is 5.91 Å². The van der Waals surface area contributed by atoms with Crippen LogP contribution in [0.1, 0.15) is 11.3 Å². The minimum atomic E-state index is -0.481. The Morgan fingerprint density at radius 1 is 1.38 bits per heavy atom. The van der Waals surface area contributed by atoms with Gasteiger partial charge in [-0.25, -0.2) is 0 Å². The van der Waals surface area contributed by atoms with Crippen molar-refractivity contribution in [3.8, 4) is 0 Å². The largest absolute Gasteiger partial charge is 0.451 e. The van der Waals surface area contributed by atoms with Gasteiger partial charge in [0.15, 0.2) is 3.77 Å². The van der Waals surface area contributed by atoms with Gasteiger partial charge in [-0.05, 0) is 53.8 Å². The van der Waals surface area contributed by atoms with Crippen LogP contribution in [0, 0.1) is 20.8 Å². The average Bonchev–Trinajstić information content (AvgIpc) is 2.84. The average molecular weight is 398 g/mol. The van der Waals surface area contributed by atoms with Crippen LogP contribution in [0.25, 0.3) is 6.08 Å². The summed E-state index contributed by atoms with van der Waals surface area (Å²) in [6, 6.07) is 8.06. The van der Waals surface area contributed by atoms with Crippen LogP contribution in [-0.2, 0) is 4.79 Å². The maximum atomic E-state index is 11.8. The fourth-order valence-corrected chi connectivity index (χ4v) is 2.14. The molecule has 21 heavy (non-hydrogen) atoms. The summed E-state index contributed by atoms with van der Waals surface area (Å²) in [7, 11) is 0. The second kappa shape index (κ2) is 6.53. The molecule has 0 radical (unpaired) electrons. The number of carbonyl (C=O) groups excluding carboxylic acids is 1. The van der Waals surface area contributed by atoms with Crippen molar-refractivity contribution in [2.45, 2.75) is 6.92 Å². The third-order valence-electron chi connectivity index (χ3n) is 2.75. The topological polar surface area (TPSA) is 85.4 Å². The van der Waals surface area contributed by atoms with Crippen molar-refractivity contribution in [1.82, 2.24) is 0 Å². The van der Waals surface area contributed by atoms with Crippen LogP contribution in [-0.4, -0.2) is 10.8 Å². The lowest BCUT2D eigenvalue weighted by atomic mass is 10.1. The molecule has 2 aromatic rings. The van der Waals surface area contributed by atoms with Crippen molar-refractivity contribution < 1.29 is 14.1 Å². The van der Waals surface area contributed by atoms with Crippen LogP contribution in [0.4, 0.5) is 11.4 Å². The number of nitro benzene ring substituents is 1. The van der Waals surface area contributed by atoms with E-state index in [2.05, 4.69) is 5.32 Å². The Balaban J connectivity index is 2.11. The Morgan fingerprint density at radius 3 is 2.76 bits per heavy atom. The lowest BCUT2D eigenvalue weighted by Crippen LogP contribution is -2.09. The molecule has 7 heteroatoms. The minimum absolute atomic E-state index is 0.0302. The van der Waals surface area contributed by atoms with Gasteiger partial charge in [-0.3, -0.25) is 14.9 Å². The molecule has 2 rings (SSSR count). The summed E-state index contributed by atoms with van der Waals surface area (Å²) in [6.07, 6.45) is 2.84. The standard InChI is InChI=1S/C14H11IN2O4/c1-9-11(3-2-4-12(9)17(19)20)16-14(18)8-6-10-5-7-13(15)21-10/h2-8H,1H3,(H,16,18)/b8-6+. The number of hydrogen-bond acceptors (Lipinski definition) is 4. The number of benzene rings is 1. The number of rotatable bonds is 4. The van der Waals surface area contributed by atoms with Gasteiger partial charge in [0, 0.05) is 12.1 Å². The molecule has 1 heterocycles. The minimum Gasteiger partial charge on any atom is -0.451 e. The SMILES string of the molecule is Cc1c(NC(=O)/C=C/c2ccc(I)o2)cccc1[N+](=O)[O-]. The highest BCUT2D eigenvalue weighted by Gasteiger charge is 2.13. The highest BCUT2D eigenvalue weighted by atomic mass is 127. The molecular formula is C14H11IN2O4. The van der Waals surface area contributed by atoms with E-state index in [0.29, 0.717) is 17.0 Å². The molecule has 1 aromatic heterocycles. The Bertz CT molecular complexity index is 722. The fourth-order valence-electron chi connectivity index (χ4n) is 1.71. The van der Waals surface area contributed by atoms with E-state index in [4.69, 9.17) is 4.42 Å². The van der Waals surface area contributed by atoms with E-state index < -0.39 is 4.92 Å². The van der Waals surface area contributed by atoms with Gasteiger partial charge >= 0.3 is 0 Å². The maximum Gasteiger partial charge on any atom is 0.274 e. The van der Waals surface area contributed by atoms with Gasteiger partial charge < -0.3 is 9.73 Å². The smallest absolute Gasteiger partial charge is 0.274 e. The molecule has 0 aliphatic rings. The molecule has 1 amide bonds. The summed E-state index contributed by atoms with van der Waals surface area (Å²) in [5, 5.41) is 13.4. The molecule has 0 fully saturated rings. The molecular weight excluding hydrogens is 387 g/mol.